The van der Waals surface area contributed by atoms with E-state index in [1.165, 1.54) is 0 Å². The number of aliphatic hydroxyl groups excluding tert-OH is 1. The van der Waals surface area contributed by atoms with Crippen LogP contribution in [0.3, 0.4) is 0 Å². The highest BCUT2D eigenvalue weighted by Gasteiger charge is 2.10. The van der Waals surface area contributed by atoms with E-state index in [0.717, 1.165) is 21.3 Å². The largest absolute Gasteiger partial charge is 0.497 e. The zero-order chi connectivity index (χ0) is 12.3. The van der Waals surface area contributed by atoms with Gasteiger partial charge in [0.15, 0.2) is 0 Å². The summed E-state index contributed by atoms with van der Waals surface area (Å²) >= 11 is 3.37. The monoisotopic (exact) mass is 292 g/mol. The Labute approximate surface area is 109 Å². The van der Waals surface area contributed by atoms with Gasteiger partial charge in [-0.2, -0.15) is 0 Å². The molecule has 1 atom stereocenters. The first-order valence-corrected chi connectivity index (χ1v) is 6.07. The lowest BCUT2D eigenvalue weighted by molar-refractivity contribution is 0.220. The second-order valence-corrected chi connectivity index (χ2v) is 4.65. The summed E-state index contributed by atoms with van der Waals surface area (Å²) in [6, 6.07) is 15.1. The summed E-state index contributed by atoms with van der Waals surface area (Å²) in [6.45, 7) is 0. The van der Waals surface area contributed by atoms with Crippen LogP contribution in [0.5, 0.6) is 5.75 Å². The van der Waals surface area contributed by atoms with Crippen LogP contribution >= 0.6 is 15.9 Å². The zero-order valence-electron chi connectivity index (χ0n) is 9.43. The van der Waals surface area contributed by atoms with Gasteiger partial charge in [0.1, 0.15) is 11.9 Å². The molecular formula is C14H13BrO2. The van der Waals surface area contributed by atoms with Gasteiger partial charge in [-0.15, -0.1) is 0 Å². The van der Waals surface area contributed by atoms with E-state index in [2.05, 4.69) is 15.9 Å². The van der Waals surface area contributed by atoms with E-state index < -0.39 is 6.10 Å². The number of hydrogen-bond donors (Lipinski definition) is 1. The molecule has 3 heteroatoms. The normalized spacial score (nSPS) is 12.2. The Morgan fingerprint density at radius 1 is 1.06 bits per heavy atom. The van der Waals surface area contributed by atoms with Gasteiger partial charge < -0.3 is 9.84 Å². The molecule has 0 bridgehead atoms. The summed E-state index contributed by atoms with van der Waals surface area (Å²) in [5.41, 5.74) is 1.69. The summed E-state index contributed by atoms with van der Waals surface area (Å²) in [7, 11) is 1.62. The maximum atomic E-state index is 10.2. The maximum absolute atomic E-state index is 10.2. The highest BCUT2D eigenvalue weighted by atomic mass is 79.9. The summed E-state index contributed by atoms with van der Waals surface area (Å²) in [6.07, 6.45) is -0.627. The smallest absolute Gasteiger partial charge is 0.119 e. The Morgan fingerprint density at radius 2 is 1.76 bits per heavy atom. The highest BCUT2D eigenvalue weighted by molar-refractivity contribution is 9.10. The van der Waals surface area contributed by atoms with E-state index in [9.17, 15) is 5.11 Å². The summed E-state index contributed by atoms with van der Waals surface area (Å²) < 4.78 is 6.14. The van der Waals surface area contributed by atoms with Crippen molar-refractivity contribution in [2.24, 2.45) is 0 Å². The van der Waals surface area contributed by atoms with Crippen molar-refractivity contribution in [2.75, 3.05) is 7.11 Å². The van der Waals surface area contributed by atoms with Gasteiger partial charge in [-0.3, -0.25) is 0 Å². The Hall–Kier alpha value is -1.32. The molecule has 0 aliphatic heterocycles. The molecule has 0 spiro atoms. The molecule has 1 N–H and O–H groups in total. The number of halogens is 1. The Kier molecular flexibility index (Phi) is 3.82. The number of aliphatic hydroxyl groups is 1. The molecule has 88 valence electrons. The van der Waals surface area contributed by atoms with Crippen LogP contribution in [0, 0.1) is 0 Å². The summed E-state index contributed by atoms with van der Waals surface area (Å²) in [5, 5.41) is 10.2. The number of rotatable bonds is 3. The molecule has 0 amide bonds. The zero-order valence-corrected chi connectivity index (χ0v) is 11.0. The topological polar surface area (TPSA) is 29.5 Å². The summed E-state index contributed by atoms with van der Waals surface area (Å²) in [4.78, 5) is 0. The van der Waals surface area contributed by atoms with Gasteiger partial charge >= 0.3 is 0 Å². The molecule has 2 rings (SSSR count). The van der Waals surface area contributed by atoms with Crippen molar-refractivity contribution >= 4 is 15.9 Å². The first-order valence-electron chi connectivity index (χ1n) is 5.28. The van der Waals surface area contributed by atoms with E-state index in [0.29, 0.717) is 0 Å². The number of ether oxygens (including phenoxy) is 1. The van der Waals surface area contributed by atoms with E-state index in [-0.39, 0.29) is 0 Å². The average Bonchev–Trinajstić information content (AvgIpc) is 2.39. The van der Waals surface area contributed by atoms with E-state index >= 15 is 0 Å². The van der Waals surface area contributed by atoms with Crippen LogP contribution in [0.4, 0.5) is 0 Å². The van der Waals surface area contributed by atoms with Gasteiger partial charge in [-0.05, 0) is 35.4 Å². The third-order valence-electron chi connectivity index (χ3n) is 2.60. The van der Waals surface area contributed by atoms with Crippen molar-refractivity contribution in [3.63, 3.8) is 0 Å². The minimum absolute atomic E-state index is 0.627. The predicted molar refractivity (Wildman–Crippen MR) is 71.2 cm³/mol. The Morgan fingerprint density at radius 3 is 2.41 bits per heavy atom. The summed E-state index contributed by atoms with van der Waals surface area (Å²) in [5.74, 6) is 0.749. The van der Waals surface area contributed by atoms with E-state index in [4.69, 9.17) is 4.74 Å². The molecule has 0 aromatic heterocycles. The van der Waals surface area contributed by atoms with Crippen LogP contribution in [0.2, 0.25) is 0 Å². The van der Waals surface area contributed by atoms with Crippen LogP contribution in [-0.4, -0.2) is 12.2 Å². The molecule has 0 saturated carbocycles. The molecule has 0 radical (unpaired) electrons. The van der Waals surface area contributed by atoms with Gasteiger partial charge in [0.05, 0.1) is 7.11 Å². The third-order valence-corrected chi connectivity index (χ3v) is 3.12. The second kappa shape index (κ2) is 5.34. The lowest BCUT2D eigenvalue weighted by atomic mass is 10.0. The van der Waals surface area contributed by atoms with Gasteiger partial charge in [-0.25, -0.2) is 0 Å². The average molecular weight is 293 g/mol. The molecule has 0 unspecified atom stereocenters. The van der Waals surface area contributed by atoms with Crippen molar-refractivity contribution in [3.05, 3.63) is 64.1 Å². The highest BCUT2D eigenvalue weighted by Crippen LogP contribution is 2.25. The van der Waals surface area contributed by atoms with E-state index in [1.807, 2.05) is 48.5 Å². The third kappa shape index (κ3) is 2.87. The van der Waals surface area contributed by atoms with Crippen LogP contribution < -0.4 is 4.74 Å². The number of methoxy groups -OCH3 is 1. The number of hydrogen-bond acceptors (Lipinski definition) is 2. The van der Waals surface area contributed by atoms with Gasteiger partial charge in [0, 0.05) is 4.47 Å². The molecule has 2 nitrogen and oxygen atoms in total. The standard InChI is InChI=1S/C14H13BrO2/c1-17-13-4-2-3-11(9-13)14(16)10-5-7-12(15)8-6-10/h2-9,14,16H,1H3/t14-/m1/s1. The van der Waals surface area contributed by atoms with Gasteiger partial charge in [0.2, 0.25) is 0 Å². The minimum Gasteiger partial charge on any atom is -0.497 e. The molecular weight excluding hydrogens is 280 g/mol. The first-order chi connectivity index (χ1) is 8.20. The minimum atomic E-state index is -0.627. The molecule has 0 aliphatic rings. The van der Waals surface area contributed by atoms with Crippen molar-refractivity contribution in [2.45, 2.75) is 6.10 Å². The Bertz CT molecular complexity index is 494. The van der Waals surface area contributed by atoms with Gasteiger partial charge in [0.25, 0.3) is 0 Å². The predicted octanol–water partition coefficient (Wildman–Crippen LogP) is 3.54. The molecule has 0 saturated heterocycles. The van der Waals surface area contributed by atoms with Crippen molar-refractivity contribution in [1.29, 1.82) is 0 Å². The van der Waals surface area contributed by atoms with Crippen LogP contribution in [-0.2, 0) is 0 Å². The molecule has 17 heavy (non-hydrogen) atoms. The molecule has 0 fully saturated rings. The van der Waals surface area contributed by atoms with Crippen LogP contribution in [0.1, 0.15) is 17.2 Å². The Balaban J connectivity index is 2.29. The SMILES string of the molecule is COc1cccc([C@H](O)c2ccc(Br)cc2)c1. The fourth-order valence-electron chi connectivity index (χ4n) is 1.65. The van der Waals surface area contributed by atoms with Crippen molar-refractivity contribution in [1.82, 2.24) is 0 Å². The lowest BCUT2D eigenvalue weighted by Gasteiger charge is -2.12. The van der Waals surface area contributed by atoms with Crippen LogP contribution in [0.15, 0.2) is 53.0 Å². The van der Waals surface area contributed by atoms with Crippen molar-refractivity contribution < 1.29 is 9.84 Å². The fraction of sp³-hybridized carbons (Fsp3) is 0.143. The first kappa shape index (κ1) is 12.1. The lowest BCUT2D eigenvalue weighted by Crippen LogP contribution is -1.99. The maximum Gasteiger partial charge on any atom is 0.119 e. The van der Waals surface area contributed by atoms with Gasteiger partial charge in [-0.1, -0.05) is 40.2 Å². The number of benzene rings is 2. The molecule has 2 aromatic carbocycles. The van der Waals surface area contributed by atoms with Crippen molar-refractivity contribution in [3.8, 4) is 5.75 Å². The van der Waals surface area contributed by atoms with Crippen LogP contribution in [0.25, 0.3) is 0 Å². The fourth-order valence-corrected chi connectivity index (χ4v) is 1.91. The molecule has 0 heterocycles. The quantitative estimate of drug-likeness (QED) is 0.938. The second-order valence-electron chi connectivity index (χ2n) is 3.73. The molecule has 0 aliphatic carbocycles. The van der Waals surface area contributed by atoms with E-state index in [1.54, 1.807) is 7.11 Å². The molecule has 2 aromatic rings.